The highest BCUT2D eigenvalue weighted by molar-refractivity contribution is 5.81. The van der Waals surface area contributed by atoms with Crippen molar-refractivity contribution >= 4 is 23.8 Å². The number of hydrogen-bond acceptors (Lipinski definition) is 5. The molecule has 0 spiro atoms. The Labute approximate surface area is 121 Å². The van der Waals surface area contributed by atoms with Crippen LogP contribution in [0.4, 0.5) is 0 Å². The van der Waals surface area contributed by atoms with Crippen LogP contribution in [-0.2, 0) is 23.9 Å². The predicted molar refractivity (Wildman–Crippen MR) is 70.6 cm³/mol. The van der Waals surface area contributed by atoms with Gasteiger partial charge in [-0.3, -0.25) is 19.2 Å². The molecule has 0 aliphatic carbocycles. The zero-order valence-corrected chi connectivity index (χ0v) is 11.6. The number of carbonyl (C=O) groups excluding carboxylic acids is 2. The van der Waals surface area contributed by atoms with E-state index in [2.05, 4.69) is 10.6 Å². The van der Waals surface area contributed by atoms with Crippen molar-refractivity contribution in [1.29, 1.82) is 0 Å². The standard InChI is InChI=1S/C12H20N2O7/c15-9(1-3-11(17)18)13-5-7-21-8-6-14-10(16)2-4-12(19)20/h1-8H2,(H,13,15)(H,14,16)(H,17,18)(H,19,20). The van der Waals surface area contributed by atoms with Crippen LogP contribution in [0.5, 0.6) is 0 Å². The maximum Gasteiger partial charge on any atom is 0.303 e. The van der Waals surface area contributed by atoms with E-state index in [0.29, 0.717) is 0 Å². The van der Waals surface area contributed by atoms with E-state index in [1.165, 1.54) is 0 Å². The third-order valence-electron chi connectivity index (χ3n) is 2.27. The lowest BCUT2D eigenvalue weighted by atomic mass is 10.3. The molecular formula is C12H20N2O7. The summed E-state index contributed by atoms with van der Waals surface area (Å²) in [5.74, 6) is -2.77. The fraction of sp³-hybridized carbons (Fsp3) is 0.667. The molecule has 0 rings (SSSR count). The maximum atomic E-state index is 11.1. The van der Waals surface area contributed by atoms with Gasteiger partial charge in [0.25, 0.3) is 0 Å². The van der Waals surface area contributed by atoms with Crippen LogP contribution in [-0.4, -0.2) is 60.3 Å². The summed E-state index contributed by atoms with van der Waals surface area (Å²) >= 11 is 0. The van der Waals surface area contributed by atoms with Gasteiger partial charge in [0.15, 0.2) is 0 Å². The fourth-order valence-corrected chi connectivity index (χ4v) is 1.25. The summed E-state index contributed by atoms with van der Waals surface area (Å²) in [6.07, 6.45) is -0.575. The molecule has 9 heteroatoms. The topological polar surface area (TPSA) is 142 Å². The van der Waals surface area contributed by atoms with Gasteiger partial charge in [-0.05, 0) is 0 Å². The van der Waals surface area contributed by atoms with Gasteiger partial charge in [0, 0.05) is 25.9 Å². The molecule has 0 saturated carbocycles. The lowest BCUT2D eigenvalue weighted by Crippen LogP contribution is -2.30. The lowest BCUT2D eigenvalue weighted by Gasteiger charge is -2.07. The molecule has 0 aromatic carbocycles. The van der Waals surface area contributed by atoms with E-state index in [0.717, 1.165) is 0 Å². The molecule has 9 nitrogen and oxygen atoms in total. The van der Waals surface area contributed by atoms with E-state index in [1.807, 2.05) is 0 Å². The van der Waals surface area contributed by atoms with Gasteiger partial charge in [0.2, 0.25) is 11.8 Å². The first-order chi connectivity index (χ1) is 9.91. The first-order valence-electron chi connectivity index (χ1n) is 6.46. The number of hydrogen-bond donors (Lipinski definition) is 4. The lowest BCUT2D eigenvalue weighted by molar-refractivity contribution is -0.139. The Morgan fingerprint density at radius 2 is 1.10 bits per heavy atom. The highest BCUT2D eigenvalue weighted by Gasteiger charge is 2.05. The minimum absolute atomic E-state index is 0.0744. The van der Waals surface area contributed by atoms with Crippen molar-refractivity contribution in [2.75, 3.05) is 26.3 Å². The SMILES string of the molecule is O=C(O)CCC(=O)NCCOCCNC(=O)CCC(=O)O. The van der Waals surface area contributed by atoms with E-state index in [4.69, 9.17) is 14.9 Å². The Morgan fingerprint density at radius 1 is 0.714 bits per heavy atom. The first-order valence-corrected chi connectivity index (χ1v) is 6.46. The Kier molecular flexibility index (Phi) is 10.5. The third kappa shape index (κ3) is 14.1. The van der Waals surface area contributed by atoms with Gasteiger partial charge in [0.1, 0.15) is 0 Å². The highest BCUT2D eigenvalue weighted by atomic mass is 16.5. The molecule has 0 bridgehead atoms. The summed E-state index contributed by atoms with van der Waals surface area (Å²) < 4.78 is 5.12. The molecule has 0 aliphatic rings. The number of carboxylic acids is 2. The molecule has 120 valence electrons. The van der Waals surface area contributed by atoms with E-state index < -0.39 is 11.9 Å². The molecule has 2 amide bonds. The Bertz CT molecular complexity index is 337. The molecule has 0 aromatic heterocycles. The van der Waals surface area contributed by atoms with Crippen molar-refractivity contribution in [2.45, 2.75) is 25.7 Å². The number of ether oxygens (including phenoxy) is 1. The van der Waals surface area contributed by atoms with Crippen molar-refractivity contribution in [3.63, 3.8) is 0 Å². The van der Waals surface area contributed by atoms with E-state index in [-0.39, 0.29) is 63.8 Å². The van der Waals surface area contributed by atoms with Crippen molar-refractivity contribution in [1.82, 2.24) is 10.6 Å². The van der Waals surface area contributed by atoms with Crippen molar-refractivity contribution < 1.29 is 34.1 Å². The van der Waals surface area contributed by atoms with Gasteiger partial charge in [0.05, 0.1) is 26.1 Å². The summed E-state index contributed by atoms with van der Waals surface area (Å²) in [5.41, 5.74) is 0. The van der Waals surface area contributed by atoms with Crippen molar-refractivity contribution in [3.8, 4) is 0 Å². The van der Waals surface area contributed by atoms with E-state index in [1.54, 1.807) is 0 Å². The smallest absolute Gasteiger partial charge is 0.303 e. The van der Waals surface area contributed by atoms with Crippen LogP contribution in [0.3, 0.4) is 0 Å². The average molecular weight is 304 g/mol. The van der Waals surface area contributed by atoms with Gasteiger partial charge >= 0.3 is 11.9 Å². The summed E-state index contributed by atoms with van der Waals surface area (Å²) in [7, 11) is 0. The predicted octanol–water partition coefficient (Wildman–Crippen LogP) is -1.03. The second kappa shape index (κ2) is 11.6. The second-order valence-electron chi connectivity index (χ2n) is 4.10. The van der Waals surface area contributed by atoms with Crippen LogP contribution in [0.1, 0.15) is 25.7 Å². The van der Waals surface area contributed by atoms with Crippen LogP contribution in [0.25, 0.3) is 0 Å². The summed E-state index contributed by atoms with van der Waals surface area (Å²) in [6.45, 7) is 0.991. The molecule has 0 saturated heterocycles. The van der Waals surface area contributed by atoms with E-state index >= 15 is 0 Å². The molecule has 0 radical (unpaired) electrons. The van der Waals surface area contributed by atoms with Gasteiger partial charge in [-0.1, -0.05) is 0 Å². The monoisotopic (exact) mass is 304 g/mol. The van der Waals surface area contributed by atoms with Gasteiger partial charge in [-0.25, -0.2) is 0 Å². The normalized spacial score (nSPS) is 9.90. The highest BCUT2D eigenvalue weighted by Crippen LogP contribution is 1.89. The number of nitrogens with one attached hydrogen (secondary N) is 2. The Hall–Kier alpha value is -2.16. The van der Waals surface area contributed by atoms with E-state index in [9.17, 15) is 19.2 Å². The van der Waals surface area contributed by atoms with Crippen molar-refractivity contribution in [3.05, 3.63) is 0 Å². The van der Waals surface area contributed by atoms with Gasteiger partial charge in [-0.15, -0.1) is 0 Å². The molecule has 0 fully saturated rings. The van der Waals surface area contributed by atoms with Crippen LogP contribution < -0.4 is 10.6 Å². The van der Waals surface area contributed by atoms with Gasteiger partial charge < -0.3 is 25.6 Å². The number of carboxylic acid groups (broad SMARTS) is 2. The molecule has 0 unspecified atom stereocenters. The zero-order chi connectivity index (χ0) is 16.1. The number of aliphatic carboxylic acids is 2. The fourth-order valence-electron chi connectivity index (χ4n) is 1.25. The average Bonchev–Trinajstić information content (AvgIpc) is 2.41. The molecular weight excluding hydrogens is 284 g/mol. The Balaban J connectivity index is 3.36. The van der Waals surface area contributed by atoms with Gasteiger partial charge in [-0.2, -0.15) is 0 Å². The molecule has 0 atom stereocenters. The van der Waals surface area contributed by atoms with Crippen LogP contribution in [0.2, 0.25) is 0 Å². The number of rotatable bonds is 12. The first kappa shape index (κ1) is 18.8. The molecule has 0 aliphatic heterocycles. The van der Waals surface area contributed by atoms with Crippen molar-refractivity contribution in [2.24, 2.45) is 0 Å². The maximum absolute atomic E-state index is 11.1. The number of carbonyl (C=O) groups is 4. The third-order valence-corrected chi connectivity index (χ3v) is 2.27. The largest absolute Gasteiger partial charge is 0.481 e. The molecule has 0 heterocycles. The minimum atomic E-state index is -1.03. The Morgan fingerprint density at radius 3 is 1.43 bits per heavy atom. The second-order valence-corrected chi connectivity index (χ2v) is 4.10. The molecule has 0 aromatic rings. The quantitative estimate of drug-likeness (QED) is 0.337. The summed E-state index contributed by atoms with van der Waals surface area (Å²) in [5, 5.41) is 21.7. The molecule has 21 heavy (non-hydrogen) atoms. The number of amides is 2. The van der Waals surface area contributed by atoms with Crippen LogP contribution in [0.15, 0.2) is 0 Å². The minimum Gasteiger partial charge on any atom is -0.481 e. The zero-order valence-electron chi connectivity index (χ0n) is 11.6. The van der Waals surface area contributed by atoms with Crippen LogP contribution in [0, 0.1) is 0 Å². The summed E-state index contributed by atoms with van der Waals surface area (Å²) in [4.78, 5) is 42.7. The molecule has 4 N–H and O–H groups in total. The summed E-state index contributed by atoms with van der Waals surface area (Å²) in [6, 6.07) is 0. The van der Waals surface area contributed by atoms with Crippen LogP contribution >= 0.6 is 0 Å².